The van der Waals surface area contributed by atoms with Gasteiger partial charge in [0.2, 0.25) is 0 Å². The molecule has 0 amide bonds. The zero-order valence-corrected chi connectivity index (χ0v) is 11.9. The van der Waals surface area contributed by atoms with Gasteiger partial charge in [-0.25, -0.2) is 0 Å². The fourth-order valence-electron chi connectivity index (χ4n) is 1.71. The second-order valence-electron chi connectivity index (χ2n) is 4.08. The molecule has 0 bridgehead atoms. The molecule has 1 aromatic rings. The highest BCUT2D eigenvalue weighted by Crippen LogP contribution is 2.35. The Hall–Kier alpha value is -1.57. The molecule has 19 heavy (non-hydrogen) atoms. The SMILES string of the molecule is CCCc1nn(C)c(SC(CC)C(=O)O)c1[N+](=O)[O-]. The number of hydrogen-bond donors (Lipinski definition) is 1. The van der Waals surface area contributed by atoms with E-state index >= 15 is 0 Å². The molecule has 1 atom stereocenters. The molecule has 8 heteroatoms. The van der Waals surface area contributed by atoms with E-state index in [1.165, 1.54) is 4.68 Å². The van der Waals surface area contributed by atoms with Gasteiger partial charge in [-0.15, -0.1) is 0 Å². The molecule has 1 heterocycles. The molecule has 1 rings (SSSR count). The first kappa shape index (κ1) is 15.5. The average molecular weight is 287 g/mol. The third kappa shape index (κ3) is 3.46. The van der Waals surface area contributed by atoms with Gasteiger partial charge in [-0.3, -0.25) is 19.6 Å². The second kappa shape index (κ2) is 6.55. The van der Waals surface area contributed by atoms with E-state index in [1.54, 1.807) is 14.0 Å². The summed E-state index contributed by atoms with van der Waals surface area (Å²) in [5.74, 6) is -0.972. The van der Waals surface area contributed by atoms with Crippen LogP contribution in [-0.2, 0) is 18.3 Å². The van der Waals surface area contributed by atoms with Crippen LogP contribution in [0.4, 0.5) is 5.69 Å². The van der Waals surface area contributed by atoms with Gasteiger partial charge in [0.05, 0.1) is 4.92 Å². The third-order valence-corrected chi connectivity index (χ3v) is 4.11. The summed E-state index contributed by atoms with van der Waals surface area (Å²) in [5, 5.41) is 23.9. The minimum atomic E-state index is -0.972. The lowest BCUT2D eigenvalue weighted by atomic mass is 10.2. The fourth-order valence-corrected chi connectivity index (χ4v) is 2.75. The largest absolute Gasteiger partial charge is 0.480 e. The maximum atomic E-state index is 11.2. The van der Waals surface area contributed by atoms with Gasteiger partial charge >= 0.3 is 11.7 Å². The van der Waals surface area contributed by atoms with Crippen molar-refractivity contribution in [2.45, 2.75) is 43.4 Å². The molecular formula is C11H17N3O4S. The van der Waals surface area contributed by atoms with Crippen LogP contribution < -0.4 is 0 Å². The van der Waals surface area contributed by atoms with Crippen LogP contribution in [0, 0.1) is 10.1 Å². The number of nitrogens with zero attached hydrogens (tertiary/aromatic N) is 3. The van der Waals surface area contributed by atoms with Crippen LogP contribution in [0.3, 0.4) is 0 Å². The van der Waals surface area contributed by atoms with E-state index < -0.39 is 16.1 Å². The van der Waals surface area contributed by atoms with E-state index in [-0.39, 0.29) is 5.69 Å². The quantitative estimate of drug-likeness (QED) is 0.469. The lowest BCUT2D eigenvalue weighted by Crippen LogP contribution is -2.15. The zero-order valence-electron chi connectivity index (χ0n) is 11.1. The van der Waals surface area contributed by atoms with E-state index in [1.807, 2.05) is 6.92 Å². The van der Waals surface area contributed by atoms with Gasteiger partial charge in [0, 0.05) is 7.05 Å². The summed E-state index contributed by atoms with van der Waals surface area (Å²) in [7, 11) is 1.60. The molecule has 0 aliphatic carbocycles. The lowest BCUT2D eigenvalue weighted by Gasteiger charge is -2.08. The van der Waals surface area contributed by atoms with Crippen LogP contribution in [0.1, 0.15) is 32.4 Å². The molecule has 0 aliphatic rings. The standard InChI is InChI=1S/C11H17N3O4S/c1-4-6-7-9(14(17)18)10(13(3)12-7)19-8(5-2)11(15)16/h8H,4-6H2,1-3H3,(H,15,16). The molecule has 106 valence electrons. The topological polar surface area (TPSA) is 98.3 Å². The highest BCUT2D eigenvalue weighted by Gasteiger charge is 2.30. The number of carboxylic acid groups (broad SMARTS) is 1. The number of aliphatic carboxylic acids is 1. The van der Waals surface area contributed by atoms with Crippen LogP contribution in [0.5, 0.6) is 0 Å². The summed E-state index contributed by atoms with van der Waals surface area (Å²) >= 11 is 0.984. The molecule has 0 radical (unpaired) electrons. The van der Waals surface area contributed by atoms with Crippen molar-refractivity contribution in [2.24, 2.45) is 7.05 Å². The highest BCUT2D eigenvalue weighted by atomic mass is 32.2. The van der Waals surface area contributed by atoms with Crippen molar-refractivity contribution >= 4 is 23.4 Å². The highest BCUT2D eigenvalue weighted by molar-refractivity contribution is 8.00. The Morgan fingerprint density at radius 2 is 2.21 bits per heavy atom. The fraction of sp³-hybridized carbons (Fsp3) is 0.636. The summed E-state index contributed by atoms with van der Waals surface area (Å²) in [4.78, 5) is 21.7. The second-order valence-corrected chi connectivity index (χ2v) is 5.28. The number of aromatic nitrogens is 2. The van der Waals surface area contributed by atoms with Crippen molar-refractivity contribution in [1.82, 2.24) is 9.78 Å². The van der Waals surface area contributed by atoms with E-state index in [9.17, 15) is 14.9 Å². The first-order valence-electron chi connectivity index (χ1n) is 6.02. The van der Waals surface area contributed by atoms with Gasteiger partial charge in [0.1, 0.15) is 10.9 Å². The third-order valence-electron chi connectivity index (χ3n) is 2.61. The van der Waals surface area contributed by atoms with Crippen LogP contribution >= 0.6 is 11.8 Å². The molecule has 0 spiro atoms. The van der Waals surface area contributed by atoms with E-state index in [2.05, 4.69) is 5.10 Å². The first-order valence-corrected chi connectivity index (χ1v) is 6.90. The average Bonchev–Trinajstić information content (AvgIpc) is 2.62. The monoisotopic (exact) mass is 287 g/mol. The number of hydrogen-bond acceptors (Lipinski definition) is 5. The van der Waals surface area contributed by atoms with Gasteiger partial charge in [-0.05, 0) is 12.8 Å². The van der Waals surface area contributed by atoms with Gasteiger partial charge < -0.3 is 5.11 Å². The molecule has 7 nitrogen and oxygen atoms in total. The summed E-state index contributed by atoms with van der Waals surface area (Å²) in [6.07, 6.45) is 1.65. The number of rotatable bonds is 7. The van der Waals surface area contributed by atoms with Crippen molar-refractivity contribution in [3.63, 3.8) is 0 Å². The predicted octanol–water partition coefficient (Wildman–Crippen LogP) is 2.24. The Balaban J connectivity index is 3.18. The number of carboxylic acids is 1. The number of thioether (sulfide) groups is 1. The number of aryl methyl sites for hydroxylation is 2. The van der Waals surface area contributed by atoms with E-state index in [4.69, 9.17) is 5.11 Å². The van der Waals surface area contributed by atoms with Crippen molar-refractivity contribution in [3.8, 4) is 0 Å². The van der Waals surface area contributed by atoms with Crippen LogP contribution in [0.15, 0.2) is 5.03 Å². The smallest absolute Gasteiger partial charge is 0.323 e. The maximum absolute atomic E-state index is 11.2. The van der Waals surface area contributed by atoms with Crippen molar-refractivity contribution in [1.29, 1.82) is 0 Å². The van der Waals surface area contributed by atoms with Crippen LogP contribution in [-0.4, -0.2) is 31.0 Å². The summed E-state index contributed by atoms with van der Waals surface area (Å²) < 4.78 is 1.40. The Morgan fingerprint density at radius 1 is 1.58 bits per heavy atom. The lowest BCUT2D eigenvalue weighted by molar-refractivity contribution is -0.388. The molecule has 1 unspecified atom stereocenters. The first-order chi connectivity index (χ1) is 8.92. The van der Waals surface area contributed by atoms with E-state index in [0.29, 0.717) is 23.6 Å². The molecule has 1 N–H and O–H groups in total. The van der Waals surface area contributed by atoms with Crippen molar-refractivity contribution in [3.05, 3.63) is 15.8 Å². The molecule has 0 saturated heterocycles. The molecule has 1 aromatic heterocycles. The maximum Gasteiger partial charge on any atom is 0.323 e. The van der Waals surface area contributed by atoms with E-state index in [0.717, 1.165) is 18.2 Å². The molecule has 0 aromatic carbocycles. The number of carbonyl (C=O) groups is 1. The van der Waals surface area contributed by atoms with Gasteiger partial charge in [-0.2, -0.15) is 5.10 Å². The zero-order chi connectivity index (χ0) is 14.6. The van der Waals surface area contributed by atoms with Crippen LogP contribution in [0.25, 0.3) is 0 Å². The van der Waals surface area contributed by atoms with Gasteiger partial charge in [0.15, 0.2) is 5.03 Å². The Morgan fingerprint density at radius 3 is 2.63 bits per heavy atom. The molecule has 0 aliphatic heterocycles. The molecular weight excluding hydrogens is 270 g/mol. The van der Waals surface area contributed by atoms with Gasteiger partial charge in [-0.1, -0.05) is 32.0 Å². The predicted molar refractivity (Wildman–Crippen MR) is 71.4 cm³/mol. The molecule has 0 saturated carbocycles. The normalized spacial score (nSPS) is 12.4. The Labute approximate surface area is 115 Å². The van der Waals surface area contributed by atoms with Crippen molar-refractivity contribution in [2.75, 3.05) is 0 Å². The van der Waals surface area contributed by atoms with Crippen molar-refractivity contribution < 1.29 is 14.8 Å². The minimum Gasteiger partial charge on any atom is -0.480 e. The minimum absolute atomic E-state index is 0.0611. The summed E-state index contributed by atoms with van der Waals surface area (Å²) in [6.45, 7) is 3.65. The van der Waals surface area contributed by atoms with Crippen LogP contribution in [0.2, 0.25) is 0 Å². The Bertz CT molecular complexity index is 487. The summed E-state index contributed by atoms with van der Waals surface area (Å²) in [6, 6.07) is 0. The summed E-state index contributed by atoms with van der Waals surface area (Å²) in [5.41, 5.74) is 0.354. The Kier molecular flexibility index (Phi) is 5.34. The molecule has 0 fully saturated rings. The number of nitro groups is 1. The van der Waals surface area contributed by atoms with Gasteiger partial charge in [0.25, 0.3) is 0 Å².